The summed E-state index contributed by atoms with van der Waals surface area (Å²) in [5.41, 5.74) is 1.80. The molecular formula is C19H24N3O5+. The number of fused-ring (bicyclic) bond motifs is 1. The van der Waals surface area contributed by atoms with Crippen molar-refractivity contribution in [2.24, 2.45) is 0 Å². The molecule has 27 heavy (non-hydrogen) atoms. The lowest BCUT2D eigenvalue weighted by atomic mass is 10.0. The van der Waals surface area contributed by atoms with E-state index in [1.54, 1.807) is 19.1 Å². The van der Waals surface area contributed by atoms with Crippen LogP contribution in [0.1, 0.15) is 27.6 Å². The number of aliphatic hydroxyl groups is 1. The molecule has 1 aliphatic heterocycles. The minimum atomic E-state index is -1.03. The third-order valence-electron chi connectivity index (χ3n) is 4.83. The van der Waals surface area contributed by atoms with Gasteiger partial charge in [0.1, 0.15) is 12.1 Å². The Kier molecular flexibility index (Phi) is 5.88. The topological polar surface area (TPSA) is 104 Å². The second-order valence-corrected chi connectivity index (χ2v) is 6.49. The molecule has 0 aliphatic carbocycles. The second kappa shape index (κ2) is 8.32. The average Bonchev–Trinajstić information content (AvgIpc) is 2.67. The van der Waals surface area contributed by atoms with Crippen molar-refractivity contribution in [1.82, 2.24) is 4.98 Å². The number of esters is 1. The fourth-order valence-corrected chi connectivity index (χ4v) is 3.47. The van der Waals surface area contributed by atoms with Crippen LogP contribution in [-0.2, 0) is 4.74 Å². The smallest absolute Gasteiger partial charge is 0.341 e. The summed E-state index contributed by atoms with van der Waals surface area (Å²) in [7, 11) is 0. The Bertz CT molecular complexity index is 847. The molecule has 0 spiro atoms. The van der Waals surface area contributed by atoms with Crippen molar-refractivity contribution in [1.29, 1.82) is 0 Å². The Morgan fingerprint density at radius 2 is 2.04 bits per heavy atom. The number of carbonyl (C=O) groups excluding carboxylic acids is 1. The summed E-state index contributed by atoms with van der Waals surface area (Å²) in [5.74, 6) is -1.49. The molecule has 8 heteroatoms. The predicted octanol–water partition coefficient (Wildman–Crippen LogP) is -0.193. The highest BCUT2D eigenvalue weighted by molar-refractivity contribution is 6.07. The van der Waals surface area contributed by atoms with Crippen molar-refractivity contribution in [2.45, 2.75) is 6.92 Å². The van der Waals surface area contributed by atoms with E-state index in [0.717, 1.165) is 13.1 Å². The van der Waals surface area contributed by atoms with E-state index in [2.05, 4.69) is 9.88 Å². The van der Waals surface area contributed by atoms with E-state index >= 15 is 0 Å². The first kappa shape index (κ1) is 19.1. The van der Waals surface area contributed by atoms with E-state index in [1.807, 2.05) is 0 Å². The van der Waals surface area contributed by atoms with Gasteiger partial charge >= 0.3 is 11.9 Å². The maximum absolute atomic E-state index is 12.5. The van der Waals surface area contributed by atoms with Gasteiger partial charge in [-0.3, -0.25) is 4.98 Å². The molecule has 0 atom stereocenters. The summed E-state index contributed by atoms with van der Waals surface area (Å²) in [6.07, 6.45) is 1.50. The fourth-order valence-electron chi connectivity index (χ4n) is 3.47. The standard InChI is InChI=1S/C19H23N3O5/c1-2-27-19(26)15-12-20-16-4-3-13(18(24)25)11-14(16)17(15)22-7-5-21(6-8-22)9-10-23/h3-4,11-12,23H,2,5-10H2,1H3,(H,24,25)/p+1. The molecule has 3 N–H and O–H groups in total. The number of piperazine rings is 1. The van der Waals surface area contributed by atoms with Crippen molar-refractivity contribution < 1.29 is 29.4 Å². The number of aromatic nitrogens is 1. The highest BCUT2D eigenvalue weighted by atomic mass is 16.5. The van der Waals surface area contributed by atoms with E-state index < -0.39 is 11.9 Å². The number of pyridine rings is 1. The lowest BCUT2D eigenvalue weighted by Crippen LogP contribution is -3.15. The van der Waals surface area contributed by atoms with Crippen LogP contribution in [0.4, 0.5) is 5.69 Å². The molecule has 2 heterocycles. The summed E-state index contributed by atoms with van der Waals surface area (Å²) >= 11 is 0. The summed E-state index contributed by atoms with van der Waals surface area (Å²) in [4.78, 5) is 31.6. The number of ether oxygens (including phenoxy) is 1. The Balaban J connectivity index is 2.07. The minimum absolute atomic E-state index is 0.142. The number of rotatable bonds is 6. The number of anilines is 1. The zero-order valence-corrected chi connectivity index (χ0v) is 15.3. The number of aliphatic hydroxyl groups excluding tert-OH is 1. The van der Waals surface area contributed by atoms with E-state index in [-0.39, 0.29) is 18.8 Å². The van der Waals surface area contributed by atoms with E-state index in [9.17, 15) is 14.7 Å². The number of quaternary nitrogens is 1. The van der Waals surface area contributed by atoms with Crippen LogP contribution in [0.15, 0.2) is 24.4 Å². The normalized spacial score (nSPS) is 15.1. The Morgan fingerprint density at radius 3 is 2.67 bits per heavy atom. The number of carboxylic acids is 1. The number of hydrogen-bond acceptors (Lipinski definition) is 6. The zero-order chi connectivity index (χ0) is 19.4. The van der Waals surface area contributed by atoms with Crippen LogP contribution in [-0.4, -0.2) is 73.1 Å². The van der Waals surface area contributed by atoms with Gasteiger partial charge in [0.2, 0.25) is 0 Å². The molecule has 2 aromatic rings. The molecule has 8 nitrogen and oxygen atoms in total. The number of nitrogens with zero attached hydrogens (tertiary/aromatic N) is 2. The third-order valence-corrected chi connectivity index (χ3v) is 4.83. The molecule has 0 saturated carbocycles. The van der Waals surface area contributed by atoms with Crippen LogP contribution in [0.5, 0.6) is 0 Å². The highest BCUT2D eigenvalue weighted by Gasteiger charge is 2.26. The highest BCUT2D eigenvalue weighted by Crippen LogP contribution is 2.31. The number of carboxylic acid groups (broad SMARTS) is 1. The minimum Gasteiger partial charge on any atom is -0.478 e. The molecule has 1 aromatic heterocycles. The number of nitrogens with one attached hydrogen (secondary N) is 1. The molecule has 1 aromatic carbocycles. The number of carbonyl (C=O) groups is 2. The number of hydrogen-bond donors (Lipinski definition) is 3. The van der Waals surface area contributed by atoms with Crippen LogP contribution < -0.4 is 9.80 Å². The Hall–Kier alpha value is -2.71. The molecular weight excluding hydrogens is 350 g/mol. The van der Waals surface area contributed by atoms with Gasteiger partial charge in [-0.15, -0.1) is 0 Å². The SMILES string of the molecule is CCOC(=O)c1cnc2ccc(C(=O)O)cc2c1N1CC[NH+](CCO)CC1. The zero-order valence-electron chi connectivity index (χ0n) is 15.3. The molecule has 1 fully saturated rings. The first-order valence-electron chi connectivity index (χ1n) is 9.07. The quantitative estimate of drug-likeness (QED) is 0.602. The maximum atomic E-state index is 12.5. The van der Waals surface area contributed by atoms with Gasteiger partial charge in [0.05, 0.1) is 56.2 Å². The van der Waals surface area contributed by atoms with Gasteiger partial charge in [0.15, 0.2) is 0 Å². The lowest BCUT2D eigenvalue weighted by molar-refractivity contribution is -0.900. The monoisotopic (exact) mass is 374 g/mol. The molecule has 0 radical (unpaired) electrons. The van der Waals surface area contributed by atoms with E-state index in [4.69, 9.17) is 9.84 Å². The molecule has 0 unspecified atom stereocenters. The van der Waals surface area contributed by atoms with Gasteiger partial charge < -0.3 is 24.7 Å². The van der Waals surface area contributed by atoms with Gasteiger partial charge in [0.25, 0.3) is 0 Å². The van der Waals surface area contributed by atoms with Crippen molar-refractivity contribution in [3.8, 4) is 0 Å². The first-order chi connectivity index (χ1) is 13.0. The van der Waals surface area contributed by atoms with Gasteiger partial charge in [-0.05, 0) is 25.1 Å². The second-order valence-electron chi connectivity index (χ2n) is 6.49. The maximum Gasteiger partial charge on any atom is 0.341 e. The van der Waals surface area contributed by atoms with Crippen LogP contribution >= 0.6 is 0 Å². The summed E-state index contributed by atoms with van der Waals surface area (Å²) in [6, 6.07) is 4.73. The molecule has 3 rings (SSSR count). The van der Waals surface area contributed by atoms with Gasteiger partial charge in [-0.25, -0.2) is 9.59 Å². The van der Waals surface area contributed by atoms with Gasteiger partial charge in [-0.1, -0.05) is 0 Å². The molecule has 0 bridgehead atoms. The number of benzene rings is 1. The van der Waals surface area contributed by atoms with Crippen LogP contribution in [0.2, 0.25) is 0 Å². The van der Waals surface area contributed by atoms with Crippen molar-refractivity contribution in [2.75, 3.05) is 50.8 Å². The molecule has 144 valence electrons. The Morgan fingerprint density at radius 1 is 1.30 bits per heavy atom. The van der Waals surface area contributed by atoms with Gasteiger partial charge in [0, 0.05) is 11.6 Å². The third kappa shape index (κ3) is 4.01. The fraction of sp³-hybridized carbons (Fsp3) is 0.421. The van der Waals surface area contributed by atoms with Crippen LogP contribution in [0.25, 0.3) is 10.9 Å². The van der Waals surface area contributed by atoms with E-state index in [1.165, 1.54) is 17.2 Å². The Labute approximate surface area is 157 Å². The average molecular weight is 374 g/mol. The van der Waals surface area contributed by atoms with Crippen LogP contribution in [0.3, 0.4) is 0 Å². The van der Waals surface area contributed by atoms with Crippen molar-refractivity contribution >= 4 is 28.5 Å². The van der Waals surface area contributed by atoms with E-state index in [0.29, 0.717) is 41.8 Å². The predicted molar refractivity (Wildman–Crippen MR) is 99.5 cm³/mol. The summed E-state index contributed by atoms with van der Waals surface area (Å²) in [5, 5.41) is 19.1. The number of aromatic carboxylic acids is 1. The molecule has 1 saturated heterocycles. The van der Waals surface area contributed by atoms with Crippen molar-refractivity contribution in [3.05, 3.63) is 35.5 Å². The summed E-state index contributed by atoms with van der Waals surface area (Å²) in [6.45, 7) is 5.86. The largest absolute Gasteiger partial charge is 0.478 e. The lowest BCUT2D eigenvalue weighted by Gasteiger charge is -2.34. The van der Waals surface area contributed by atoms with Gasteiger partial charge in [-0.2, -0.15) is 0 Å². The first-order valence-corrected chi connectivity index (χ1v) is 9.07. The van der Waals surface area contributed by atoms with Crippen molar-refractivity contribution in [3.63, 3.8) is 0 Å². The summed E-state index contributed by atoms with van der Waals surface area (Å²) < 4.78 is 5.19. The van der Waals surface area contributed by atoms with Crippen LogP contribution in [0, 0.1) is 0 Å². The molecule has 1 aliphatic rings. The molecule has 0 amide bonds.